The molecule has 0 saturated carbocycles. The third-order valence-corrected chi connectivity index (χ3v) is 2.42. The first kappa shape index (κ1) is 11.1. The minimum absolute atomic E-state index is 0.419. The van der Waals surface area contributed by atoms with Crippen molar-refractivity contribution in [3.05, 3.63) is 24.3 Å². The quantitative estimate of drug-likeness (QED) is 0.688. The van der Waals surface area contributed by atoms with Crippen LogP contribution in [-0.2, 0) is 14.8 Å². The second kappa shape index (κ2) is 3.67. The summed E-state index contributed by atoms with van der Waals surface area (Å²) in [6.45, 7) is 1.87. The molecular formula is C9H13NO3S. The highest BCUT2D eigenvalue weighted by molar-refractivity contribution is 7.89. The lowest BCUT2D eigenvalue weighted by Crippen LogP contribution is -2.24. The number of allylic oxidation sites excluding steroid dienone is 2. The minimum atomic E-state index is -3.32. The molecule has 4 nitrogen and oxygen atoms in total. The second-order valence-corrected chi connectivity index (χ2v) is 4.95. The number of nitrogens with zero attached hydrogens (tertiary/aromatic N) is 1. The molecule has 0 heterocycles. The number of rotatable bonds is 2. The van der Waals surface area contributed by atoms with Crippen LogP contribution in [0.5, 0.6) is 0 Å². The van der Waals surface area contributed by atoms with Crippen LogP contribution >= 0.6 is 0 Å². The maximum absolute atomic E-state index is 10.8. The Bertz CT molecular complexity index is 388. The molecule has 0 amide bonds. The fraction of sp³-hybridized carbons (Fsp3) is 0.444. The van der Waals surface area contributed by atoms with Crippen molar-refractivity contribution in [1.29, 1.82) is 0 Å². The van der Waals surface area contributed by atoms with Gasteiger partial charge in [0, 0.05) is 7.11 Å². The highest BCUT2D eigenvalue weighted by Crippen LogP contribution is 2.17. The third kappa shape index (κ3) is 3.08. The van der Waals surface area contributed by atoms with Crippen molar-refractivity contribution in [1.82, 2.24) is 0 Å². The summed E-state index contributed by atoms with van der Waals surface area (Å²) >= 11 is 0. The molecule has 0 bridgehead atoms. The van der Waals surface area contributed by atoms with Gasteiger partial charge in [-0.25, -0.2) is 8.42 Å². The predicted octanol–water partition coefficient (Wildman–Crippen LogP) is 0.918. The van der Waals surface area contributed by atoms with Gasteiger partial charge >= 0.3 is 0 Å². The highest BCUT2D eigenvalue weighted by atomic mass is 32.2. The second-order valence-electron chi connectivity index (χ2n) is 3.30. The first-order chi connectivity index (χ1) is 6.35. The van der Waals surface area contributed by atoms with Crippen LogP contribution in [-0.4, -0.2) is 33.1 Å². The standard InChI is InChI=1S/C9H13NO3S/c1-9(13-2)6-4-8(5-7-9)10-14(3,11)12/h4-7H,1-3H3. The normalized spacial score (nSPS) is 26.6. The van der Waals surface area contributed by atoms with Crippen molar-refractivity contribution in [3.8, 4) is 0 Å². The lowest BCUT2D eigenvalue weighted by Gasteiger charge is -2.22. The van der Waals surface area contributed by atoms with Gasteiger partial charge < -0.3 is 4.74 Å². The Kier molecular flexibility index (Phi) is 2.92. The lowest BCUT2D eigenvalue weighted by atomic mass is 10.00. The van der Waals surface area contributed by atoms with E-state index in [-0.39, 0.29) is 0 Å². The van der Waals surface area contributed by atoms with E-state index < -0.39 is 15.6 Å². The van der Waals surface area contributed by atoms with Gasteiger partial charge in [-0.15, -0.1) is 0 Å². The first-order valence-electron chi connectivity index (χ1n) is 4.08. The highest BCUT2D eigenvalue weighted by Gasteiger charge is 2.18. The zero-order valence-electron chi connectivity index (χ0n) is 8.39. The molecule has 5 heteroatoms. The molecule has 1 aliphatic rings. The SMILES string of the molecule is COC1(C)C=CC(=NS(C)(=O)=O)C=C1. The van der Waals surface area contributed by atoms with E-state index in [1.54, 1.807) is 31.4 Å². The fourth-order valence-corrected chi connectivity index (χ4v) is 1.51. The molecule has 0 aromatic rings. The van der Waals surface area contributed by atoms with Gasteiger partial charge in [0.15, 0.2) is 0 Å². The van der Waals surface area contributed by atoms with Crippen molar-refractivity contribution < 1.29 is 13.2 Å². The van der Waals surface area contributed by atoms with E-state index in [1.807, 2.05) is 6.92 Å². The Balaban J connectivity index is 2.92. The van der Waals surface area contributed by atoms with Crippen LogP contribution in [0.25, 0.3) is 0 Å². The van der Waals surface area contributed by atoms with E-state index in [0.717, 1.165) is 6.26 Å². The molecule has 78 valence electrons. The molecule has 0 aliphatic heterocycles. The number of sulfonamides is 1. The smallest absolute Gasteiger partial charge is 0.250 e. The largest absolute Gasteiger partial charge is 0.370 e. The van der Waals surface area contributed by atoms with Crippen molar-refractivity contribution in [2.45, 2.75) is 12.5 Å². The van der Waals surface area contributed by atoms with Crippen molar-refractivity contribution in [2.24, 2.45) is 4.40 Å². The Morgan fingerprint density at radius 3 is 2.21 bits per heavy atom. The van der Waals surface area contributed by atoms with Crippen LogP contribution in [0, 0.1) is 0 Å². The summed E-state index contributed by atoms with van der Waals surface area (Å²) < 4.78 is 30.4. The molecule has 0 saturated heterocycles. The van der Waals surface area contributed by atoms with Crippen LogP contribution in [0.2, 0.25) is 0 Å². The lowest BCUT2D eigenvalue weighted by molar-refractivity contribution is 0.0904. The zero-order chi connectivity index (χ0) is 10.8. The Morgan fingerprint density at radius 1 is 1.36 bits per heavy atom. The number of hydrogen-bond donors (Lipinski definition) is 0. The topological polar surface area (TPSA) is 55.7 Å². The van der Waals surface area contributed by atoms with Gasteiger partial charge in [0.25, 0.3) is 10.0 Å². The van der Waals surface area contributed by atoms with E-state index in [9.17, 15) is 8.42 Å². The van der Waals surface area contributed by atoms with Gasteiger partial charge in [-0.2, -0.15) is 4.40 Å². The van der Waals surface area contributed by atoms with E-state index in [0.29, 0.717) is 5.71 Å². The van der Waals surface area contributed by atoms with Crippen molar-refractivity contribution >= 4 is 15.7 Å². The average molecular weight is 215 g/mol. The van der Waals surface area contributed by atoms with Crippen molar-refractivity contribution in [3.63, 3.8) is 0 Å². The molecular weight excluding hydrogens is 202 g/mol. The molecule has 0 fully saturated rings. The van der Waals surface area contributed by atoms with Gasteiger partial charge in [0.05, 0.1) is 12.0 Å². The van der Waals surface area contributed by atoms with Gasteiger partial charge in [0.2, 0.25) is 0 Å². The van der Waals surface area contributed by atoms with Crippen LogP contribution in [0.15, 0.2) is 28.7 Å². The summed E-state index contributed by atoms with van der Waals surface area (Å²) in [5.74, 6) is 0. The van der Waals surface area contributed by atoms with Crippen LogP contribution in [0.4, 0.5) is 0 Å². The van der Waals surface area contributed by atoms with Crippen LogP contribution < -0.4 is 0 Å². The van der Waals surface area contributed by atoms with E-state index in [2.05, 4.69) is 4.40 Å². The molecule has 0 aromatic carbocycles. The molecule has 14 heavy (non-hydrogen) atoms. The maximum atomic E-state index is 10.8. The van der Waals surface area contributed by atoms with E-state index in [4.69, 9.17) is 4.74 Å². The van der Waals surface area contributed by atoms with Crippen LogP contribution in [0.1, 0.15) is 6.92 Å². The first-order valence-corrected chi connectivity index (χ1v) is 5.93. The summed E-state index contributed by atoms with van der Waals surface area (Å²) in [4.78, 5) is 0. The monoisotopic (exact) mass is 215 g/mol. The molecule has 0 aromatic heterocycles. The van der Waals surface area contributed by atoms with Gasteiger partial charge in [-0.3, -0.25) is 0 Å². The van der Waals surface area contributed by atoms with E-state index in [1.165, 1.54) is 0 Å². The molecule has 0 radical (unpaired) electrons. The third-order valence-electron chi connectivity index (χ3n) is 1.88. The van der Waals surface area contributed by atoms with E-state index >= 15 is 0 Å². The van der Waals surface area contributed by atoms with Crippen molar-refractivity contribution in [2.75, 3.05) is 13.4 Å². The van der Waals surface area contributed by atoms with Gasteiger partial charge in [-0.1, -0.05) is 0 Å². The summed E-state index contributed by atoms with van der Waals surface area (Å²) in [6.07, 6.45) is 7.84. The molecule has 0 unspecified atom stereocenters. The molecule has 1 aliphatic carbocycles. The average Bonchev–Trinajstić information content (AvgIpc) is 2.07. The Labute approximate surface area is 84.0 Å². The summed E-state index contributed by atoms with van der Waals surface area (Å²) in [7, 11) is -1.73. The maximum Gasteiger partial charge on any atom is 0.250 e. The number of ether oxygens (including phenoxy) is 1. The zero-order valence-corrected chi connectivity index (χ0v) is 9.21. The van der Waals surface area contributed by atoms with Crippen LogP contribution in [0.3, 0.4) is 0 Å². The van der Waals surface area contributed by atoms with Gasteiger partial charge in [-0.05, 0) is 31.2 Å². The van der Waals surface area contributed by atoms with Gasteiger partial charge in [0.1, 0.15) is 5.60 Å². The number of methoxy groups -OCH3 is 1. The summed E-state index contributed by atoms with van der Waals surface area (Å²) in [5, 5.41) is 0. The Hall–Kier alpha value is -0.940. The molecule has 0 atom stereocenters. The predicted molar refractivity (Wildman–Crippen MR) is 56.0 cm³/mol. The number of hydrogen-bond acceptors (Lipinski definition) is 3. The minimum Gasteiger partial charge on any atom is -0.370 e. The fourth-order valence-electron chi connectivity index (χ4n) is 1.00. The molecule has 1 rings (SSSR count). The molecule has 0 N–H and O–H groups in total. The Morgan fingerprint density at radius 2 is 1.86 bits per heavy atom. The summed E-state index contributed by atoms with van der Waals surface area (Å²) in [5.41, 5.74) is -0.0432. The summed E-state index contributed by atoms with van der Waals surface area (Å²) in [6, 6.07) is 0. The molecule has 0 spiro atoms.